The molecular weight excluding hydrogens is 252 g/mol. The predicted molar refractivity (Wildman–Crippen MR) is 65.4 cm³/mol. The van der Waals surface area contributed by atoms with Crippen LogP contribution in [0.5, 0.6) is 0 Å². The SMILES string of the molecule is COC(CNC(=O)NCc1ccnc(C)n1)C(=O)O. The molecule has 8 nitrogen and oxygen atoms in total. The van der Waals surface area contributed by atoms with Gasteiger partial charge in [-0.05, 0) is 13.0 Å². The van der Waals surface area contributed by atoms with Crippen LogP contribution in [-0.2, 0) is 16.1 Å². The third-order valence-corrected chi connectivity index (χ3v) is 2.27. The standard InChI is InChI=1S/C11H16N4O4/c1-7-12-4-3-8(15-7)5-13-11(18)14-6-9(19-2)10(16)17/h3-4,9H,5-6H2,1-2H3,(H,16,17)(H2,13,14,18). The quantitative estimate of drug-likeness (QED) is 0.652. The Kier molecular flexibility index (Phi) is 5.68. The molecule has 0 aliphatic carbocycles. The van der Waals surface area contributed by atoms with E-state index < -0.39 is 18.1 Å². The Bertz CT molecular complexity index is 452. The van der Waals surface area contributed by atoms with Crippen LogP contribution in [0, 0.1) is 6.92 Å². The van der Waals surface area contributed by atoms with E-state index in [1.165, 1.54) is 7.11 Å². The van der Waals surface area contributed by atoms with Gasteiger partial charge in [0.15, 0.2) is 6.10 Å². The van der Waals surface area contributed by atoms with Gasteiger partial charge in [0.2, 0.25) is 0 Å². The molecule has 0 spiro atoms. The van der Waals surface area contributed by atoms with Gasteiger partial charge >= 0.3 is 12.0 Å². The smallest absolute Gasteiger partial charge is 0.334 e. The lowest BCUT2D eigenvalue weighted by molar-refractivity contribution is -0.147. The minimum absolute atomic E-state index is 0.111. The van der Waals surface area contributed by atoms with Crippen LogP contribution in [0.2, 0.25) is 0 Å². The van der Waals surface area contributed by atoms with E-state index in [1.54, 1.807) is 19.2 Å². The summed E-state index contributed by atoms with van der Waals surface area (Å²) in [5.41, 5.74) is 0.671. The number of carboxylic acid groups (broad SMARTS) is 1. The summed E-state index contributed by atoms with van der Waals surface area (Å²) in [5, 5.41) is 13.7. The van der Waals surface area contributed by atoms with E-state index >= 15 is 0 Å². The zero-order valence-electron chi connectivity index (χ0n) is 10.7. The largest absolute Gasteiger partial charge is 0.479 e. The average molecular weight is 268 g/mol. The van der Waals surface area contributed by atoms with Gasteiger partial charge in [-0.2, -0.15) is 0 Å². The number of aromatic nitrogens is 2. The number of nitrogens with one attached hydrogen (secondary N) is 2. The molecule has 0 fully saturated rings. The van der Waals surface area contributed by atoms with Crippen molar-refractivity contribution >= 4 is 12.0 Å². The zero-order chi connectivity index (χ0) is 14.3. The van der Waals surface area contributed by atoms with Crippen molar-refractivity contribution in [2.75, 3.05) is 13.7 Å². The fraction of sp³-hybridized carbons (Fsp3) is 0.455. The van der Waals surface area contributed by atoms with Gasteiger partial charge in [0.1, 0.15) is 5.82 Å². The van der Waals surface area contributed by atoms with Crippen LogP contribution in [0.4, 0.5) is 4.79 Å². The molecule has 2 amide bonds. The highest BCUT2D eigenvalue weighted by Crippen LogP contribution is 1.93. The van der Waals surface area contributed by atoms with E-state index in [-0.39, 0.29) is 13.1 Å². The molecule has 0 aromatic carbocycles. The summed E-state index contributed by atoms with van der Waals surface area (Å²) >= 11 is 0. The van der Waals surface area contributed by atoms with E-state index in [2.05, 4.69) is 25.3 Å². The lowest BCUT2D eigenvalue weighted by atomic mass is 10.3. The van der Waals surface area contributed by atoms with Crippen LogP contribution in [-0.4, -0.2) is 46.8 Å². The maximum atomic E-state index is 11.4. The van der Waals surface area contributed by atoms with Gasteiger partial charge in [-0.3, -0.25) is 0 Å². The third-order valence-electron chi connectivity index (χ3n) is 2.27. The van der Waals surface area contributed by atoms with Crippen LogP contribution in [0.3, 0.4) is 0 Å². The van der Waals surface area contributed by atoms with E-state index in [0.717, 1.165) is 0 Å². The number of carboxylic acids is 1. The zero-order valence-corrected chi connectivity index (χ0v) is 10.7. The normalized spacial score (nSPS) is 11.7. The number of amides is 2. The molecule has 1 atom stereocenters. The summed E-state index contributed by atoms with van der Waals surface area (Å²) in [6.07, 6.45) is 0.537. The minimum Gasteiger partial charge on any atom is -0.479 e. The number of hydrogen-bond donors (Lipinski definition) is 3. The van der Waals surface area contributed by atoms with E-state index in [4.69, 9.17) is 5.11 Å². The first-order valence-corrected chi connectivity index (χ1v) is 5.58. The van der Waals surface area contributed by atoms with E-state index in [1.807, 2.05) is 0 Å². The van der Waals surface area contributed by atoms with Gasteiger partial charge in [0.25, 0.3) is 0 Å². The van der Waals surface area contributed by atoms with Crippen LogP contribution >= 0.6 is 0 Å². The molecule has 0 saturated heterocycles. The molecule has 3 N–H and O–H groups in total. The summed E-state index contributed by atoms with van der Waals surface area (Å²) < 4.78 is 4.68. The van der Waals surface area contributed by atoms with Gasteiger partial charge in [0.05, 0.1) is 18.8 Å². The summed E-state index contributed by atoms with van der Waals surface area (Å²) in [5.74, 6) is -0.515. The van der Waals surface area contributed by atoms with Crippen molar-refractivity contribution in [1.82, 2.24) is 20.6 Å². The monoisotopic (exact) mass is 268 g/mol. The molecule has 1 heterocycles. The Morgan fingerprint density at radius 2 is 2.21 bits per heavy atom. The van der Waals surface area contributed by atoms with Gasteiger partial charge in [-0.15, -0.1) is 0 Å². The van der Waals surface area contributed by atoms with Crippen LogP contribution < -0.4 is 10.6 Å². The molecule has 0 aliphatic heterocycles. The fourth-order valence-corrected chi connectivity index (χ4v) is 1.29. The lowest BCUT2D eigenvalue weighted by Gasteiger charge is -2.12. The Hall–Kier alpha value is -2.22. The topological polar surface area (TPSA) is 113 Å². The van der Waals surface area contributed by atoms with Crippen LogP contribution in [0.1, 0.15) is 11.5 Å². The summed E-state index contributed by atoms with van der Waals surface area (Å²) in [6, 6.07) is 1.20. The second kappa shape index (κ2) is 7.27. The molecule has 0 aliphatic rings. The van der Waals surface area contributed by atoms with Crippen molar-refractivity contribution < 1.29 is 19.4 Å². The van der Waals surface area contributed by atoms with Crippen molar-refractivity contribution in [2.24, 2.45) is 0 Å². The summed E-state index contributed by atoms with van der Waals surface area (Å²) in [7, 11) is 1.27. The van der Waals surface area contributed by atoms with Crippen LogP contribution in [0.25, 0.3) is 0 Å². The van der Waals surface area contributed by atoms with E-state index in [9.17, 15) is 9.59 Å². The molecule has 8 heteroatoms. The Morgan fingerprint density at radius 1 is 1.47 bits per heavy atom. The minimum atomic E-state index is -1.13. The van der Waals surface area contributed by atoms with Crippen molar-refractivity contribution in [2.45, 2.75) is 19.6 Å². The second-order valence-electron chi connectivity index (χ2n) is 3.72. The molecule has 0 bridgehead atoms. The number of urea groups is 1. The maximum absolute atomic E-state index is 11.4. The number of aryl methyl sites for hydroxylation is 1. The molecule has 104 valence electrons. The maximum Gasteiger partial charge on any atom is 0.334 e. The number of rotatable bonds is 6. The summed E-state index contributed by atoms with van der Waals surface area (Å²) in [6.45, 7) is 1.87. The van der Waals surface area contributed by atoms with Crippen molar-refractivity contribution in [3.63, 3.8) is 0 Å². The Balaban J connectivity index is 2.34. The third kappa shape index (κ3) is 5.30. The Labute approximate surface area is 110 Å². The summed E-state index contributed by atoms with van der Waals surface area (Å²) in [4.78, 5) is 30.1. The first-order chi connectivity index (χ1) is 9.02. The number of ether oxygens (including phenoxy) is 1. The first-order valence-electron chi connectivity index (χ1n) is 5.58. The first kappa shape index (κ1) is 14.8. The number of carbonyl (C=O) groups is 2. The average Bonchev–Trinajstić information content (AvgIpc) is 2.37. The van der Waals surface area contributed by atoms with Crippen molar-refractivity contribution in [3.8, 4) is 0 Å². The number of carbonyl (C=O) groups excluding carboxylic acids is 1. The van der Waals surface area contributed by atoms with E-state index in [0.29, 0.717) is 11.5 Å². The van der Waals surface area contributed by atoms with Gasteiger partial charge < -0.3 is 20.5 Å². The highest BCUT2D eigenvalue weighted by molar-refractivity contribution is 5.76. The molecule has 1 unspecified atom stereocenters. The van der Waals surface area contributed by atoms with Gasteiger partial charge in [-0.25, -0.2) is 19.6 Å². The van der Waals surface area contributed by atoms with Gasteiger partial charge in [0, 0.05) is 13.3 Å². The molecule has 1 aromatic rings. The fourth-order valence-electron chi connectivity index (χ4n) is 1.29. The van der Waals surface area contributed by atoms with Crippen molar-refractivity contribution in [1.29, 1.82) is 0 Å². The molecule has 1 aromatic heterocycles. The molecule has 0 saturated carbocycles. The number of methoxy groups -OCH3 is 1. The highest BCUT2D eigenvalue weighted by Gasteiger charge is 2.16. The number of nitrogens with zero attached hydrogens (tertiary/aromatic N) is 2. The van der Waals surface area contributed by atoms with Crippen LogP contribution in [0.15, 0.2) is 12.3 Å². The number of aliphatic carboxylic acids is 1. The van der Waals surface area contributed by atoms with Crippen molar-refractivity contribution in [3.05, 3.63) is 23.8 Å². The molecule has 1 rings (SSSR count). The second-order valence-corrected chi connectivity index (χ2v) is 3.72. The predicted octanol–water partition coefficient (Wildman–Crippen LogP) is -0.316. The number of hydrogen-bond acceptors (Lipinski definition) is 5. The Morgan fingerprint density at radius 3 is 2.79 bits per heavy atom. The lowest BCUT2D eigenvalue weighted by Crippen LogP contribution is -2.42. The highest BCUT2D eigenvalue weighted by atomic mass is 16.5. The molecule has 19 heavy (non-hydrogen) atoms. The molecule has 0 radical (unpaired) electrons. The molecular formula is C11H16N4O4. The van der Waals surface area contributed by atoms with Gasteiger partial charge in [-0.1, -0.05) is 0 Å².